The van der Waals surface area contributed by atoms with Crippen molar-refractivity contribution < 1.29 is 18.7 Å². The van der Waals surface area contributed by atoms with E-state index in [4.69, 9.17) is 5.11 Å². The van der Waals surface area contributed by atoms with Gasteiger partial charge in [0, 0.05) is 24.7 Å². The minimum atomic E-state index is -2.74. The van der Waals surface area contributed by atoms with Crippen LogP contribution >= 0.6 is 0 Å². The Kier molecular flexibility index (Phi) is 3.41. The summed E-state index contributed by atoms with van der Waals surface area (Å²) in [5, 5.41) is 8.71. The highest BCUT2D eigenvalue weighted by Gasteiger charge is 2.12. The summed E-state index contributed by atoms with van der Waals surface area (Å²) in [5.74, 6) is -1.21. The van der Waals surface area contributed by atoms with Crippen molar-refractivity contribution in [2.75, 3.05) is 0 Å². The molecule has 0 saturated carbocycles. The lowest BCUT2D eigenvalue weighted by Crippen LogP contribution is -2.22. The van der Waals surface area contributed by atoms with Crippen molar-refractivity contribution in [3.05, 3.63) is 52.5 Å². The number of nitrogens with zero attached hydrogens (tertiary/aromatic N) is 3. The highest BCUT2D eigenvalue weighted by atomic mass is 19.3. The normalized spacial score (nSPS) is 10.9. The monoisotopic (exact) mass is 269 g/mol. The van der Waals surface area contributed by atoms with Crippen LogP contribution in [0.5, 0.6) is 0 Å². The molecule has 0 aliphatic carbocycles. The van der Waals surface area contributed by atoms with Gasteiger partial charge in [0.1, 0.15) is 5.82 Å². The van der Waals surface area contributed by atoms with Crippen molar-refractivity contribution in [2.24, 2.45) is 0 Å². The predicted molar refractivity (Wildman–Crippen MR) is 60.2 cm³/mol. The van der Waals surface area contributed by atoms with Crippen molar-refractivity contribution >= 4 is 5.97 Å². The average Bonchev–Trinajstić information content (AvgIpc) is 2.79. The molecular weight excluding hydrogens is 260 g/mol. The first kappa shape index (κ1) is 12.9. The Hall–Kier alpha value is -2.51. The molecule has 100 valence electrons. The minimum absolute atomic E-state index is 0.0141. The molecule has 0 aromatic carbocycles. The zero-order chi connectivity index (χ0) is 14.0. The molecule has 1 N–H and O–H groups in total. The van der Waals surface area contributed by atoms with Gasteiger partial charge in [-0.1, -0.05) is 0 Å². The SMILES string of the molecule is O=C(O)c1ccn(Cc2nccn2C(F)F)c(=O)c1. The summed E-state index contributed by atoms with van der Waals surface area (Å²) in [6.07, 6.45) is 3.55. The van der Waals surface area contributed by atoms with Gasteiger partial charge in [0.25, 0.3) is 5.56 Å². The second-order valence-corrected chi connectivity index (χ2v) is 3.72. The largest absolute Gasteiger partial charge is 0.478 e. The summed E-state index contributed by atoms with van der Waals surface area (Å²) >= 11 is 0. The van der Waals surface area contributed by atoms with Gasteiger partial charge in [-0.25, -0.2) is 9.78 Å². The maximum absolute atomic E-state index is 12.6. The summed E-state index contributed by atoms with van der Waals surface area (Å²) in [7, 11) is 0. The third kappa shape index (κ3) is 2.67. The summed E-state index contributed by atoms with van der Waals surface area (Å²) in [5.41, 5.74) is -0.748. The van der Waals surface area contributed by atoms with E-state index in [9.17, 15) is 18.4 Å². The molecule has 2 heterocycles. The lowest BCUT2D eigenvalue weighted by atomic mass is 10.3. The smallest absolute Gasteiger partial charge is 0.335 e. The topological polar surface area (TPSA) is 77.1 Å². The molecule has 0 saturated heterocycles. The Morgan fingerprint density at radius 3 is 2.74 bits per heavy atom. The lowest BCUT2D eigenvalue weighted by Gasteiger charge is -2.08. The number of imidazole rings is 1. The van der Waals surface area contributed by atoms with Gasteiger partial charge < -0.3 is 9.67 Å². The van der Waals surface area contributed by atoms with Gasteiger partial charge in [0.15, 0.2) is 0 Å². The van der Waals surface area contributed by atoms with Crippen molar-refractivity contribution in [3.8, 4) is 0 Å². The number of hydrogen-bond donors (Lipinski definition) is 1. The molecular formula is C11H9F2N3O3. The number of pyridine rings is 1. The van der Waals surface area contributed by atoms with E-state index in [1.54, 1.807) is 0 Å². The maximum atomic E-state index is 12.6. The first-order valence-corrected chi connectivity index (χ1v) is 5.22. The molecule has 0 amide bonds. The van der Waals surface area contributed by atoms with Crippen LogP contribution in [0.25, 0.3) is 0 Å². The molecule has 2 aromatic rings. The summed E-state index contributed by atoms with van der Waals surface area (Å²) in [4.78, 5) is 26.0. The Balaban J connectivity index is 2.31. The van der Waals surface area contributed by atoms with E-state index in [-0.39, 0.29) is 17.9 Å². The van der Waals surface area contributed by atoms with Crippen LogP contribution in [0.1, 0.15) is 22.7 Å². The van der Waals surface area contributed by atoms with Crippen LogP contribution in [-0.2, 0) is 6.54 Å². The number of rotatable bonds is 4. The first-order chi connectivity index (χ1) is 8.99. The highest BCUT2D eigenvalue weighted by molar-refractivity contribution is 5.87. The molecule has 0 atom stereocenters. The lowest BCUT2D eigenvalue weighted by molar-refractivity contribution is 0.0666. The van der Waals surface area contributed by atoms with E-state index in [0.717, 1.165) is 16.8 Å². The minimum Gasteiger partial charge on any atom is -0.478 e. The highest BCUT2D eigenvalue weighted by Crippen LogP contribution is 2.12. The molecule has 0 aliphatic heterocycles. The fourth-order valence-electron chi connectivity index (χ4n) is 1.57. The number of aromatic carboxylic acids is 1. The van der Waals surface area contributed by atoms with Gasteiger partial charge in [-0.3, -0.25) is 9.36 Å². The number of hydrogen-bond acceptors (Lipinski definition) is 3. The molecule has 0 fully saturated rings. The van der Waals surface area contributed by atoms with E-state index in [0.29, 0.717) is 4.57 Å². The molecule has 2 aromatic heterocycles. The number of halogens is 2. The molecule has 2 rings (SSSR count). The van der Waals surface area contributed by atoms with Gasteiger partial charge in [-0.05, 0) is 6.07 Å². The van der Waals surface area contributed by atoms with Crippen LogP contribution < -0.4 is 5.56 Å². The van der Waals surface area contributed by atoms with Crippen molar-refractivity contribution in [3.63, 3.8) is 0 Å². The van der Waals surface area contributed by atoms with Crippen molar-refractivity contribution in [1.82, 2.24) is 14.1 Å². The Morgan fingerprint density at radius 1 is 1.42 bits per heavy atom. The van der Waals surface area contributed by atoms with Gasteiger partial charge in [0.2, 0.25) is 0 Å². The van der Waals surface area contributed by atoms with Crippen LogP contribution in [0, 0.1) is 0 Å². The van der Waals surface area contributed by atoms with Crippen LogP contribution in [0.3, 0.4) is 0 Å². The molecule has 0 bridgehead atoms. The van der Waals surface area contributed by atoms with Gasteiger partial charge in [-0.2, -0.15) is 8.78 Å². The Labute approximate surface area is 105 Å². The molecule has 0 spiro atoms. The third-order valence-electron chi connectivity index (χ3n) is 2.51. The van der Waals surface area contributed by atoms with Crippen LogP contribution in [-0.4, -0.2) is 25.2 Å². The molecule has 0 radical (unpaired) electrons. The summed E-state index contributed by atoms with van der Waals surface area (Å²) < 4.78 is 26.9. The maximum Gasteiger partial charge on any atom is 0.335 e. The van der Waals surface area contributed by atoms with Gasteiger partial charge >= 0.3 is 12.5 Å². The third-order valence-corrected chi connectivity index (χ3v) is 2.51. The second kappa shape index (κ2) is 5.01. The van der Waals surface area contributed by atoms with Crippen LogP contribution in [0.2, 0.25) is 0 Å². The first-order valence-electron chi connectivity index (χ1n) is 5.22. The number of aromatic nitrogens is 3. The fourth-order valence-corrected chi connectivity index (χ4v) is 1.57. The van der Waals surface area contributed by atoms with E-state index >= 15 is 0 Å². The van der Waals surface area contributed by atoms with E-state index in [1.807, 2.05) is 0 Å². The molecule has 8 heteroatoms. The van der Waals surface area contributed by atoms with E-state index in [2.05, 4.69) is 4.98 Å². The van der Waals surface area contributed by atoms with E-state index < -0.39 is 18.1 Å². The standard InChI is InChI=1S/C11H9F2N3O3/c12-11(13)16-4-2-14-8(16)6-15-3-1-7(10(18)19)5-9(15)17/h1-5,11H,6H2,(H,18,19). The summed E-state index contributed by atoms with van der Waals surface area (Å²) in [6.45, 7) is -2.90. The average molecular weight is 269 g/mol. The number of carbonyl (C=O) groups is 1. The van der Waals surface area contributed by atoms with Crippen LogP contribution in [0.15, 0.2) is 35.5 Å². The Bertz CT molecular complexity index is 663. The molecule has 19 heavy (non-hydrogen) atoms. The number of carboxylic acids is 1. The van der Waals surface area contributed by atoms with Gasteiger partial charge in [-0.15, -0.1) is 0 Å². The summed E-state index contributed by atoms with van der Waals surface area (Å²) in [6, 6.07) is 2.15. The van der Waals surface area contributed by atoms with E-state index in [1.165, 1.54) is 18.5 Å². The zero-order valence-electron chi connectivity index (χ0n) is 9.53. The van der Waals surface area contributed by atoms with Crippen molar-refractivity contribution in [2.45, 2.75) is 13.1 Å². The fraction of sp³-hybridized carbons (Fsp3) is 0.182. The molecule has 6 nitrogen and oxygen atoms in total. The molecule has 0 aliphatic rings. The van der Waals surface area contributed by atoms with Gasteiger partial charge in [0.05, 0.1) is 12.1 Å². The van der Waals surface area contributed by atoms with Crippen LogP contribution in [0.4, 0.5) is 8.78 Å². The number of alkyl halides is 2. The molecule has 0 unspecified atom stereocenters. The zero-order valence-corrected chi connectivity index (χ0v) is 9.53. The van der Waals surface area contributed by atoms with Crippen molar-refractivity contribution in [1.29, 1.82) is 0 Å². The number of carboxylic acid groups (broad SMARTS) is 1. The predicted octanol–water partition coefficient (Wildman–Crippen LogP) is 1.19. The Morgan fingerprint density at radius 2 is 2.16 bits per heavy atom. The second-order valence-electron chi connectivity index (χ2n) is 3.72. The quantitative estimate of drug-likeness (QED) is 0.904.